The summed E-state index contributed by atoms with van der Waals surface area (Å²) >= 11 is 5.58. The molecular weight excluding hydrogens is 811 g/mol. The second-order valence-electron chi connectivity index (χ2n) is 16.1. The molecule has 5 N–H and O–H groups in total. The first-order valence-electron chi connectivity index (χ1n) is 21.4. The Bertz CT molecular complexity index is 1730. The Hall–Kier alpha value is -4.45. The fraction of sp³-hybridized carbons (Fsp3) is 0.643. The third-order valence-corrected chi connectivity index (χ3v) is 13.3. The summed E-state index contributed by atoms with van der Waals surface area (Å²) in [6.07, 6.45) is 8.92. The number of anilines is 1. The number of benzene rings is 1. The predicted octanol–water partition coefficient (Wildman–Crippen LogP) is 2.47. The largest absolute Gasteiger partial charge is 0.356 e. The first kappa shape index (κ1) is 46.6. The van der Waals surface area contributed by atoms with E-state index in [1.807, 2.05) is 6.07 Å². The Morgan fingerprint density at radius 1 is 0.783 bits per heavy atom. The number of imide groups is 2. The zero-order chi connectivity index (χ0) is 43.0. The highest BCUT2D eigenvalue weighted by molar-refractivity contribution is 8.00. The summed E-state index contributed by atoms with van der Waals surface area (Å²) in [5, 5.41) is 13.1. The molecule has 2 unspecified atom stereocenters. The lowest BCUT2D eigenvalue weighted by Crippen LogP contribution is -2.50. The zero-order valence-corrected chi connectivity index (χ0v) is 35.8. The number of nitrogens with one attached hydrogen (secondary N) is 5. The summed E-state index contributed by atoms with van der Waals surface area (Å²) in [7, 11) is 0. The van der Waals surface area contributed by atoms with Gasteiger partial charge >= 0.3 is 0 Å². The maximum Gasteiger partial charge on any atom is 0.246 e. The van der Waals surface area contributed by atoms with Crippen LogP contribution in [0.3, 0.4) is 0 Å². The summed E-state index contributed by atoms with van der Waals surface area (Å²) in [6, 6.07) is 7.56. The number of amides is 9. The van der Waals surface area contributed by atoms with E-state index in [0.29, 0.717) is 88.2 Å². The van der Waals surface area contributed by atoms with E-state index in [1.165, 1.54) is 16.7 Å². The van der Waals surface area contributed by atoms with Crippen molar-refractivity contribution in [1.29, 1.82) is 0 Å². The molecule has 0 aromatic heterocycles. The van der Waals surface area contributed by atoms with E-state index >= 15 is 0 Å². The number of thiol groups is 1. The van der Waals surface area contributed by atoms with Crippen LogP contribution in [0.4, 0.5) is 5.69 Å². The summed E-state index contributed by atoms with van der Waals surface area (Å²) in [4.78, 5) is 115. The number of likely N-dealkylation sites (tertiary alicyclic amines) is 2. The Morgan fingerprint density at radius 2 is 1.50 bits per heavy atom. The minimum atomic E-state index is -0.774. The molecule has 3 aliphatic heterocycles. The molecule has 4 fully saturated rings. The second-order valence-corrected chi connectivity index (χ2v) is 18.0. The number of hydrogen-bond acceptors (Lipinski definition) is 11. The molecule has 1 aromatic rings. The molecular formula is C42H59N7O9S2. The first-order chi connectivity index (χ1) is 28.9. The fourth-order valence-electron chi connectivity index (χ4n) is 8.02. The van der Waals surface area contributed by atoms with E-state index in [4.69, 9.17) is 0 Å². The van der Waals surface area contributed by atoms with Gasteiger partial charge in [0.1, 0.15) is 12.1 Å². The monoisotopic (exact) mass is 869 g/mol. The van der Waals surface area contributed by atoms with Gasteiger partial charge in [0.05, 0.1) is 10.5 Å². The quantitative estimate of drug-likeness (QED) is 0.0536. The van der Waals surface area contributed by atoms with Crippen LogP contribution < -0.4 is 26.6 Å². The van der Waals surface area contributed by atoms with E-state index in [9.17, 15) is 43.2 Å². The molecule has 0 bridgehead atoms. The molecule has 3 saturated heterocycles. The fourth-order valence-corrected chi connectivity index (χ4v) is 9.50. The molecule has 0 spiro atoms. The van der Waals surface area contributed by atoms with Gasteiger partial charge in [-0.15, -0.1) is 11.8 Å². The molecule has 1 aromatic carbocycles. The third-order valence-electron chi connectivity index (χ3n) is 11.6. The van der Waals surface area contributed by atoms with Crippen molar-refractivity contribution in [2.45, 2.75) is 125 Å². The summed E-state index contributed by atoms with van der Waals surface area (Å²) in [5.74, 6) is -1.09. The van der Waals surface area contributed by atoms with Crippen LogP contribution in [0.2, 0.25) is 0 Å². The van der Waals surface area contributed by atoms with Crippen molar-refractivity contribution in [1.82, 2.24) is 31.1 Å². The van der Waals surface area contributed by atoms with E-state index in [1.54, 1.807) is 24.3 Å². The van der Waals surface area contributed by atoms with E-state index in [-0.39, 0.29) is 91.4 Å². The van der Waals surface area contributed by atoms with Crippen molar-refractivity contribution in [2.24, 2.45) is 11.8 Å². The standard InChI is InChI=1S/C42H59N7O9S2/c50-34(44-26-27-14-16-28(17-15-27)38(54)43-20-22-49-36(52)24-32(59)41(49)57)13-7-2-8-21-48-37(53)25-33(42(48)58)60-23-9-3-6-12-30(39(55)45-29-10-4-1-5-11-29)47-40(56)31-18-19-35(51)46-31/h1,4-5,10-11,27-28,30-33,59H,2-3,6-9,12-26H2,(H,43,54)(H,44,50)(H,45,55)(H,46,51)(H,47,56)/t27?,28?,30-,31+,32?,33?/m0/s1. The molecule has 60 heavy (non-hydrogen) atoms. The highest BCUT2D eigenvalue weighted by atomic mass is 32.2. The lowest BCUT2D eigenvalue weighted by molar-refractivity contribution is -0.140. The van der Waals surface area contributed by atoms with Crippen LogP contribution in [0.15, 0.2) is 30.3 Å². The van der Waals surface area contributed by atoms with Crippen LogP contribution in [-0.2, 0) is 43.2 Å². The molecule has 0 radical (unpaired) electrons. The van der Waals surface area contributed by atoms with Gasteiger partial charge in [-0.1, -0.05) is 37.5 Å². The zero-order valence-electron chi connectivity index (χ0n) is 34.1. The molecule has 16 nitrogen and oxygen atoms in total. The SMILES string of the molecule is O=C(CCCCCN1C(=O)CC(SCCCCC[C@H](NC(=O)[C@H]2CCC(=O)N2)C(=O)Nc2ccccc2)C1=O)NCC1CCC(C(=O)NCCN2C(=O)CC(S)C2=O)CC1. The van der Waals surface area contributed by atoms with Crippen molar-refractivity contribution < 1.29 is 43.2 Å². The number of para-hydroxylation sites is 1. The Kier molecular flexibility index (Phi) is 18.3. The van der Waals surface area contributed by atoms with Crippen LogP contribution >= 0.6 is 24.4 Å². The molecule has 3 heterocycles. The lowest BCUT2D eigenvalue weighted by Gasteiger charge is -2.28. The van der Waals surface area contributed by atoms with Crippen molar-refractivity contribution in [3.05, 3.63) is 30.3 Å². The number of hydrogen-bond donors (Lipinski definition) is 6. The number of nitrogens with zero attached hydrogens (tertiary/aromatic N) is 2. The van der Waals surface area contributed by atoms with Crippen molar-refractivity contribution in [2.75, 3.05) is 37.2 Å². The molecule has 5 rings (SSSR count). The summed E-state index contributed by atoms with van der Waals surface area (Å²) < 4.78 is 0. The lowest BCUT2D eigenvalue weighted by atomic mass is 9.81. The van der Waals surface area contributed by atoms with E-state index in [0.717, 1.165) is 30.6 Å². The summed E-state index contributed by atoms with van der Waals surface area (Å²) in [5.41, 5.74) is 0.619. The normalized spacial score (nSPS) is 23.4. The summed E-state index contributed by atoms with van der Waals surface area (Å²) in [6.45, 7) is 1.26. The van der Waals surface area contributed by atoms with E-state index in [2.05, 4.69) is 39.2 Å². The van der Waals surface area contributed by atoms with Gasteiger partial charge in [0, 0.05) is 63.5 Å². The van der Waals surface area contributed by atoms with Gasteiger partial charge in [0.2, 0.25) is 53.2 Å². The van der Waals surface area contributed by atoms with Gasteiger partial charge < -0.3 is 26.6 Å². The van der Waals surface area contributed by atoms with Gasteiger partial charge in [-0.2, -0.15) is 12.6 Å². The number of carbonyl (C=O) groups excluding carboxylic acids is 9. The maximum absolute atomic E-state index is 13.1. The molecule has 4 aliphatic rings. The molecule has 4 atom stereocenters. The minimum absolute atomic E-state index is 0.0381. The van der Waals surface area contributed by atoms with Crippen molar-refractivity contribution >= 4 is 83.2 Å². The van der Waals surface area contributed by atoms with Gasteiger partial charge in [-0.05, 0) is 81.6 Å². The van der Waals surface area contributed by atoms with E-state index < -0.39 is 22.6 Å². The maximum atomic E-state index is 13.1. The molecule has 1 saturated carbocycles. The average Bonchev–Trinajstić information content (AvgIpc) is 3.87. The number of rotatable bonds is 23. The topological polar surface area (TPSA) is 220 Å². The van der Waals surface area contributed by atoms with Gasteiger partial charge in [0.15, 0.2) is 0 Å². The molecule has 18 heteroatoms. The Labute approximate surface area is 361 Å². The van der Waals surface area contributed by atoms with Crippen LogP contribution in [-0.4, -0.2) is 117 Å². The number of thioether (sulfide) groups is 1. The molecule has 9 amide bonds. The Balaban J connectivity index is 0.888. The van der Waals surface area contributed by atoms with Gasteiger partial charge in [-0.3, -0.25) is 53.0 Å². The minimum Gasteiger partial charge on any atom is -0.356 e. The highest BCUT2D eigenvalue weighted by Crippen LogP contribution is 2.29. The molecule has 328 valence electrons. The van der Waals surface area contributed by atoms with Crippen LogP contribution in [0.25, 0.3) is 0 Å². The number of carbonyl (C=O) groups is 9. The average molecular weight is 870 g/mol. The third kappa shape index (κ3) is 14.1. The smallest absolute Gasteiger partial charge is 0.246 e. The van der Waals surface area contributed by atoms with Crippen LogP contribution in [0.5, 0.6) is 0 Å². The predicted molar refractivity (Wildman–Crippen MR) is 228 cm³/mol. The van der Waals surface area contributed by atoms with Crippen molar-refractivity contribution in [3.8, 4) is 0 Å². The number of unbranched alkanes of at least 4 members (excludes halogenated alkanes) is 4. The highest BCUT2D eigenvalue weighted by Gasteiger charge is 2.39. The van der Waals surface area contributed by atoms with Crippen LogP contribution in [0, 0.1) is 11.8 Å². The van der Waals surface area contributed by atoms with Gasteiger partial charge in [0.25, 0.3) is 0 Å². The second kappa shape index (κ2) is 23.5. The Morgan fingerprint density at radius 3 is 2.20 bits per heavy atom. The first-order valence-corrected chi connectivity index (χ1v) is 22.9. The van der Waals surface area contributed by atoms with Gasteiger partial charge in [-0.25, -0.2) is 0 Å². The van der Waals surface area contributed by atoms with Crippen molar-refractivity contribution in [3.63, 3.8) is 0 Å². The molecule has 1 aliphatic carbocycles. The van der Waals surface area contributed by atoms with Crippen LogP contribution in [0.1, 0.15) is 103 Å².